The van der Waals surface area contributed by atoms with Crippen LogP contribution in [0.4, 0.5) is 0 Å². The molecule has 2 atom stereocenters. The first-order chi connectivity index (χ1) is 8.66. The molecule has 0 fully saturated rings. The van der Waals surface area contributed by atoms with Crippen molar-refractivity contribution in [3.05, 3.63) is 47.6 Å². The zero-order valence-electron chi connectivity index (χ0n) is 10.3. The van der Waals surface area contributed by atoms with Crippen molar-refractivity contribution in [2.24, 2.45) is 5.73 Å². The van der Waals surface area contributed by atoms with Gasteiger partial charge in [-0.1, -0.05) is 35.5 Å². The minimum absolute atomic E-state index is 0.285. The van der Waals surface area contributed by atoms with E-state index in [0.717, 1.165) is 6.42 Å². The van der Waals surface area contributed by atoms with Crippen LogP contribution >= 0.6 is 0 Å². The van der Waals surface area contributed by atoms with Crippen LogP contribution in [-0.4, -0.2) is 21.4 Å². The maximum atomic E-state index is 9.34. The average molecular weight is 247 g/mol. The summed E-state index contributed by atoms with van der Waals surface area (Å²) in [5, 5.41) is 13.2. The minimum Gasteiger partial charge on any atom is -0.391 e. The lowest BCUT2D eigenvalue weighted by Gasteiger charge is -2.08. The Kier molecular flexibility index (Phi) is 4.07. The SMILES string of the molecule is CC(O)C(N)c1nc(CCc2ccccc2)no1. The summed E-state index contributed by atoms with van der Waals surface area (Å²) in [6.45, 7) is 1.60. The Morgan fingerprint density at radius 2 is 2.00 bits per heavy atom. The van der Waals surface area contributed by atoms with Crippen LogP contribution < -0.4 is 5.73 Å². The molecule has 0 spiro atoms. The van der Waals surface area contributed by atoms with Crippen molar-refractivity contribution < 1.29 is 9.63 Å². The lowest BCUT2D eigenvalue weighted by molar-refractivity contribution is 0.146. The van der Waals surface area contributed by atoms with Gasteiger partial charge in [-0.15, -0.1) is 0 Å². The van der Waals surface area contributed by atoms with Gasteiger partial charge in [-0.2, -0.15) is 4.98 Å². The number of aromatic nitrogens is 2. The second-order valence-corrected chi connectivity index (χ2v) is 4.30. The van der Waals surface area contributed by atoms with Crippen LogP contribution in [0.5, 0.6) is 0 Å². The Morgan fingerprint density at radius 1 is 1.28 bits per heavy atom. The molecular weight excluding hydrogens is 230 g/mol. The molecule has 0 saturated heterocycles. The van der Waals surface area contributed by atoms with Gasteiger partial charge >= 0.3 is 0 Å². The highest BCUT2D eigenvalue weighted by Crippen LogP contribution is 2.12. The van der Waals surface area contributed by atoms with E-state index in [-0.39, 0.29) is 5.89 Å². The van der Waals surface area contributed by atoms with E-state index in [9.17, 15) is 5.11 Å². The van der Waals surface area contributed by atoms with Gasteiger partial charge in [0.15, 0.2) is 5.82 Å². The smallest absolute Gasteiger partial charge is 0.246 e. The number of rotatable bonds is 5. The molecule has 0 aliphatic heterocycles. The number of hydrogen-bond donors (Lipinski definition) is 2. The molecule has 0 amide bonds. The molecule has 2 aromatic rings. The van der Waals surface area contributed by atoms with Crippen molar-refractivity contribution in [1.29, 1.82) is 0 Å². The van der Waals surface area contributed by atoms with E-state index in [1.807, 2.05) is 18.2 Å². The molecular formula is C13H17N3O2. The van der Waals surface area contributed by atoms with Crippen molar-refractivity contribution >= 4 is 0 Å². The third-order valence-corrected chi connectivity index (χ3v) is 2.77. The summed E-state index contributed by atoms with van der Waals surface area (Å²) in [5.41, 5.74) is 6.94. The highest BCUT2D eigenvalue weighted by atomic mass is 16.5. The maximum Gasteiger partial charge on any atom is 0.246 e. The van der Waals surface area contributed by atoms with Crippen molar-refractivity contribution in [3.8, 4) is 0 Å². The van der Waals surface area contributed by atoms with Crippen LogP contribution in [0.2, 0.25) is 0 Å². The number of hydrogen-bond acceptors (Lipinski definition) is 5. The van der Waals surface area contributed by atoms with E-state index < -0.39 is 12.1 Å². The van der Waals surface area contributed by atoms with E-state index in [1.54, 1.807) is 6.92 Å². The van der Waals surface area contributed by atoms with Gasteiger partial charge in [0.05, 0.1) is 6.10 Å². The first kappa shape index (κ1) is 12.7. The second-order valence-electron chi connectivity index (χ2n) is 4.30. The van der Waals surface area contributed by atoms with Crippen molar-refractivity contribution in [2.75, 3.05) is 0 Å². The van der Waals surface area contributed by atoms with Crippen molar-refractivity contribution in [2.45, 2.75) is 31.9 Å². The quantitative estimate of drug-likeness (QED) is 0.830. The zero-order valence-corrected chi connectivity index (χ0v) is 10.3. The molecule has 2 unspecified atom stereocenters. The summed E-state index contributed by atoms with van der Waals surface area (Å²) >= 11 is 0. The van der Waals surface area contributed by atoms with Gasteiger partial charge in [-0.05, 0) is 18.9 Å². The number of nitrogens with two attached hydrogens (primary N) is 1. The normalized spacial score (nSPS) is 14.4. The van der Waals surface area contributed by atoms with E-state index in [0.29, 0.717) is 12.2 Å². The molecule has 0 saturated carbocycles. The summed E-state index contributed by atoms with van der Waals surface area (Å²) in [6, 6.07) is 9.48. The zero-order chi connectivity index (χ0) is 13.0. The van der Waals surface area contributed by atoms with Crippen LogP contribution in [0.3, 0.4) is 0 Å². The fraction of sp³-hybridized carbons (Fsp3) is 0.385. The molecule has 5 heteroatoms. The van der Waals surface area contributed by atoms with Crippen LogP contribution in [0, 0.1) is 0 Å². The molecule has 96 valence electrons. The Morgan fingerprint density at radius 3 is 2.67 bits per heavy atom. The molecule has 0 radical (unpaired) electrons. The van der Waals surface area contributed by atoms with Gasteiger partial charge in [-0.3, -0.25) is 0 Å². The molecule has 1 aromatic heterocycles. The highest BCUT2D eigenvalue weighted by Gasteiger charge is 2.19. The first-order valence-corrected chi connectivity index (χ1v) is 5.97. The first-order valence-electron chi connectivity index (χ1n) is 5.97. The number of aliphatic hydroxyl groups excluding tert-OH is 1. The molecule has 1 aromatic carbocycles. The molecule has 3 N–H and O–H groups in total. The number of nitrogens with zero attached hydrogens (tertiary/aromatic N) is 2. The average Bonchev–Trinajstić information content (AvgIpc) is 2.85. The number of aliphatic hydroxyl groups is 1. The predicted octanol–water partition coefficient (Wildman–Crippen LogP) is 1.24. The van der Waals surface area contributed by atoms with Gasteiger partial charge in [0, 0.05) is 6.42 Å². The lowest BCUT2D eigenvalue weighted by Crippen LogP contribution is -2.23. The topological polar surface area (TPSA) is 85.2 Å². The van der Waals surface area contributed by atoms with E-state index in [2.05, 4.69) is 22.3 Å². The predicted molar refractivity (Wildman–Crippen MR) is 66.8 cm³/mol. The Bertz CT molecular complexity index is 482. The number of aryl methyl sites for hydroxylation is 2. The second kappa shape index (κ2) is 5.75. The third-order valence-electron chi connectivity index (χ3n) is 2.77. The highest BCUT2D eigenvalue weighted by molar-refractivity contribution is 5.15. The van der Waals surface area contributed by atoms with Gasteiger partial charge < -0.3 is 15.4 Å². The summed E-state index contributed by atoms with van der Waals surface area (Å²) in [5.74, 6) is 0.901. The van der Waals surface area contributed by atoms with Crippen molar-refractivity contribution in [1.82, 2.24) is 10.1 Å². The van der Waals surface area contributed by atoms with E-state index >= 15 is 0 Å². The maximum absolute atomic E-state index is 9.34. The summed E-state index contributed by atoms with van der Waals surface area (Å²) in [7, 11) is 0. The summed E-state index contributed by atoms with van der Waals surface area (Å²) in [6.07, 6.45) is 0.844. The van der Waals surface area contributed by atoms with Crippen LogP contribution in [0.15, 0.2) is 34.9 Å². The van der Waals surface area contributed by atoms with E-state index in [1.165, 1.54) is 5.56 Å². The van der Waals surface area contributed by atoms with Crippen molar-refractivity contribution in [3.63, 3.8) is 0 Å². The molecule has 5 nitrogen and oxygen atoms in total. The van der Waals surface area contributed by atoms with Gasteiger partial charge in [0.2, 0.25) is 5.89 Å². The standard InChI is InChI=1S/C13H17N3O2/c1-9(17)12(14)13-15-11(16-18-13)8-7-10-5-3-2-4-6-10/h2-6,9,12,17H,7-8,14H2,1H3. The van der Waals surface area contributed by atoms with E-state index in [4.69, 9.17) is 10.3 Å². The lowest BCUT2D eigenvalue weighted by atomic mass is 10.1. The largest absolute Gasteiger partial charge is 0.391 e. The van der Waals surface area contributed by atoms with Gasteiger partial charge in [0.1, 0.15) is 6.04 Å². The molecule has 1 heterocycles. The Balaban J connectivity index is 1.95. The minimum atomic E-state index is -0.701. The van der Waals surface area contributed by atoms with Gasteiger partial charge in [0.25, 0.3) is 0 Å². The molecule has 0 aliphatic carbocycles. The molecule has 18 heavy (non-hydrogen) atoms. The fourth-order valence-corrected chi connectivity index (χ4v) is 1.61. The summed E-state index contributed by atoms with van der Waals surface area (Å²) in [4.78, 5) is 4.18. The van der Waals surface area contributed by atoms with Crippen LogP contribution in [-0.2, 0) is 12.8 Å². The number of benzene rings is 1. The monoisotopic (exact) mass is 247 g/mol. The van der Waals surface area contributed by atoms with Crippen LogP contribution in [0.1, 0.15) is 30.2 Å². The Labute approximate surface area is 106 Å². The summed E-state index contributed by atoms with van der Waals surface area (Å²) < 4.78 is 5.03. The molecule has 0 bridgehead atoms. The molecule has 0 aliphatic rings. The van der Waals surface area contributed by atoms with Gasteiger partial charge in [-0.25, -0.2) is 0 Å². The van der Waals surface area contributed by atoms with Crippen LogP contribution in [0.25, 0.3) is 0 Å². The molecule has 2 rings (SSSR count). The third kappa shape index (κ3) is 3.15. The fourth-order valence-electron chi connectivity index (χ4n) is 1.61. The Hall–Kier alpha value is -1.72.